The molecule has 0 saturated heterocycles. The number of fused-ring (bicyclic) bond motifs is 1. The molecular weight excluding hydrogens is 280 g/mol. The molecule has 1 saturated carbocycles. The number of benzene rings is 2. The van der Waals surface area contributed by atoms with Gasteiger partial charge < -0.3 is 5.11 Å². The lowest BCUT2D eigenvalue weighted by Crippen LogP contribution is -2.19. The number of carboxylic acid groups (broad SMARTS) is 1. The second-order valence-corrected chi connectivity index (χ2v) is 5.47. The Morgan fingerprint density at radius 1 is 1.24 bits per heavy atom. The van der Waals surface area contributed by atoms with E-state index in [-0.39, 0.29) is 0 Å². The lowest BCUT2D eigenvalue weighted by Gasteiger charge is -2.13. The zero-order valence-electron chi connectivity index (χ0n) is 9.11. The quantitative estimate of drug-likeness (QED) is 0.915. The molecule has 86 valence electrons. The third-order valence-corrected chi connectivity index (χ3v) is 4.01. The molecule has 0 radical (unpaired) electrons. The van der Waals surface area contributed by atoms with Crippen LogP contribution < -0.4 is 0 Å². The number of hydrogen-bond acceptors (Lipinski definition) is 1. The van der Waals surface area contributed by atoms with Crippen LogP contribution in [0.5, 0.6) is 0 Å². The average molecular weight is 291 g/mol. The second kappa shape index (κ2) is 3.57. The number of carboxylic acids is 1. The maximum atomic E-state index is 11.4. The van der Waals surface area contributed by atoms with Crippen LogP contribution in [0.3, 0.4) is 0 Å². The SMILES string of the molecule is O=C(O)C1(c2cccc3ccc(Br)cc23)CC1. The Morgan fingerprint density at radius 3 is 2.65 bits per heavy atom. The van der Waals surface area contributed by atoms with Gasteiger partial charge in [-0.15, -0.1) is 0 Å². The fourth-order valence-corrected chi connectivity index (χ4v) is 2.75. The van der Waals surface area contributed by atoms with Crippen molar-refractivity contribution in [3.8, 4) is 0 Å². The Bertz CT molecular complexity index is 615. The minimum Gasteiger partial charge on any atom is -0.481 e. The van der Waals surface area contributed by atoms with E-state index in [4.69, 9.17) is 0 Å². The minimum atomic E-state index is -0.704. The third kappa shape index (κ3) is 1.57. The summed E-state index contributed by atoms with van der Waals surface area (Å²) in [6, 6.07) is 11.9. The van der Waals surface area contributed by atoms with Gasteiger partial charge in [-0.25, -0.2) is 0 Å². The van der Waals surface area contributed by atoms with E-state index in [2.05, 4.69) is 15.9 Å². The van der Waals surface area contributed by atoms with Crippen LogP contribution >= 0.6 is 15.9 Å². The molecule has 0 unspecified atom stereocenters. The summed E-state index contributed by atoms with van der Waals surface area (Å²) in [6.45, 7) is 0. The van der Waals surface area contributed by atoms with E-state index in [0.717, 1.165) is 33.7 Å². The van der Waals surface area contributed by atoms with Gasteiger partial charge >= 0.3 is 5.97 Å². The summed E-state index contributed by atoms with van der Waals surface area (Å²) in [4.78, 5) is 11.4. The molecule has 2 nitrogen and oxygen atoms in total. The molecule has 2 aromatic rings. The Labute approximate surface area is 107 Å². The first-order chi connectivity index (χ1) is 8.13. The van der Waals surface area contributed by atoms with Gasteiger partial charge in [-0.2, -0.15) is 0 Å². The van der Waals surface area contributed by atoms with Crippen molar-refractivity contribution in [2.75, 3.05) is 0 Å². The number of rotatable bonds is 2. The highest BCUT2D eigenvalue weighted by Gasteiger charge is 2.52. The first kappa shape index (κ1) is 10.8. The molecule has 1 N–H and O–H groups in total. The molecule has 0 aliphatic heterocycles. The zero-order valence-corrected chi connectivity index (χ0v) is 10.7. The Hall–Kier alpha value is -1.35. The van der Waals surface area contributed by atoms with Gasteiger partial charge in [0.2, 0.25) is 0 Å². The molecular formula is C14H11BrO2. The van der Waals surface area contributed by atoms with Crippen LogP contribution in [0.15, 0.2) is 40.9 Å². The van der Waals surface area contributed by atoms with Crippen LogP contribution in [0.1, 0.15) is 18.4 Å². The molecule has 0 amide bonds. The summed E-state index contributed by atoms with van der Waals surface area (Å²) in [5.74, 6) is -0.704. The summed E-state index contributed by atoms with van der Waals surface area (Å²) >= 11 is 3.44. The number of carbonyl (C=O) groups is 1. The predicted molar refractivity (Wildman–Crippen MR) is 70.2 cm³/mol. The number of aliphatic carboxylic acids is 1. The van der Waals surface area contributed by atoms with Gasteiger partial charge in [0.25, 0.3) is 0 Å². The maximum absolute atomic E-state index is 11.4. The molecule has 1 aliphatic carbocycles. The Balaban J connectivity index is 2.30. The van der Waals surface area contributed by atoms with Crippen molar-refractivity contribution in [3.05, 3.63) is 46.4 Å². The third-order valence-electron chi connectivity index (χ3n) is 3.52. The van der Waals surface area contributed by atoms with Crippen LogP contribution in [0.4, 0.5) is 0 Å². The molecule has 1 fully saturated rings. The van der Waals surface area contributed by atoms with Gasteiger partial charge in [-0.05, 0) is 41.3 Å². The summed E-state index contributed by atoms with van der Waals surface area (Å²) in [6.07, 6.45) is 1.49. The molecule has 2 aromatic carbocycles. The van der Waals surface area contributed by atoms with Gasteiger partial charge in [-0.1, -0.05) is 40.2 Å². The molecule has 0 heterocycles. The van der Waals surface area contributed by atoms with Crippen molar-refractivity contribution in [1.82, 2.24) is 0 Å². The molecule has 3 rings (SSSR count). The lowest BCUT2D eigenvalue weighted by molar-refractivity contribution is -0.139. The van der Waals surface area contributed by atoms with Crippen LogP contribution in [0, 0.1) is 0 Å². The average Bonchev–Trinajstić information content (AvgIpc) is 3.09. The van der Waals surface area contributed by atoms with Crippen LogP contribution in [-0.4, -0.2) is 11.1 Å². The topological polar surface area (TPSA) is 37.3 Å². The highest BCUT2D eigenvalue weighted by atomic mass is 79.9. The fourth-order valence-electron chi connectivity index (χ4n) is 2.39. The van der Waals surface area contributed by atoms with Crippen LogP contribution in [0.2, 0.25) is 0 Å². The van der Waals surface area contributed by atoms with E-state index in [0.29, 0.717) is 0 Å². The van der Waals surface area contributed by atoms with Crippen molar-refractivity contribution in [3.63, 3.8) is 0 Å². The molecule has 0 atom stereocenters. The monoisotopic (exact) mass is 290 g/mol. The van der Waals surface area contributed by atoms with Gasteiger partial charge in [-0.3, -0.25) is 4.79 Å². The zero-order chi connectivity index (χ0) is 12.0. The summed E-state index contributed by atoms with van der Waals surface area (Å²) in [5.41, 5.74) is 0.309. The summed E-state index contributed by atoms with van der Waals surface area (Å²) in [7, 11) is 0. The lowest BCUT2D eigenvalue weighted by atomic mass is 9.91. The van der Waals surface area contributed by atoms with Gasteiger partial charge in [0.05, 0.1) is 5.41 Å². The molecule has 0 spiro atoms. The highest BCUT2D eigenvalue weighted by molar-refractivity contribution is 9.10. The second-order valence-electron chi connectivity index (χ2n) is 4.56. The molecule has 3 heteroatoms. The van der Waals surface area contributed by atoms with Crippen molar-refractivity contribution >= 4 is 32.7 Å². The van der Waals surface area contributed by atoms with E-state index >= 15 is 0 Å². The van der Waals surface area contributed by atoms with Gasteiger partial charge in [0.15, 0.2) is 0 Å². The largest absolute Gasteiger partial charge is 0.481 e. The summed E-state index contributed by atoms with van der Waals surface area (Å²) < 4.78 is 0.985. The molecule has 17 heavy (non-hydrogen) atoms. The van der Waals surface area contributed by atoms with Crippen LogP contribution in [0.25, 0.3) is 10.8 Å². The van der Waals surface area contributed by atoms with Crippen molar-refractivity contribution in [2.24, 2.45) is 0 Å². The number of halogens is 1. The molecule has 0 aromatic heterocycles. The first-order valence-electron chi connectivity index (χ1n) is 5.56. The maximum Gasteiger partial charge on any atom is 0.314 e. The van der Waals surface area contributed by atoms with Crippen molar-refractivity contribution < 1.29 is 9.90 Å². The van der Waals surface area contributed by atoms with Gasteiger partial charge in [0, 0.05) is 4.47 Å². The van der Waals surface area contributed by atoms with E-state index in [1.807, 2.05) is 36.4 Å². The number of hydrogen-bond donors (Lipinski definition) is 1. The smallest absolute Gasteiger partial charge is 0.314 e. The van der Waals surface area contributed by atoms with E-state index < -0.39 is 11.4 Å². The molecule has 0 bridgehead atoms. The Kier molecular flexibility index (Phi) is 2.26. The fraction of sp³-hybridized carbons (Fsp3) is 0.214. The summed E-state index contributed by atoms with van der Waals surface area (Å²) in [5, 5.41) is 11.5. The minimum absolute atomic E-state index is 0.639. The van der Waals surface area contributed by atoms with E-state index in [9.17, 15) is 9.90 Å². The molecule has 1 aliphatic rings. The first-order valence-corrected chi connectivity index (χ1v) is 6.35. The highest BCUT2D eigenvalue weighted by Crippen LogP contribution is 2.50. The van der Waals surface area contributed by atoms with E-state index in [1.54, 1.807) is 0 Å². The predicted octanol–water partition coefficient (Wildman–Crippen LogP) is 3.72. The van der Waals surface area contributed by atoms with Crippen molar-refractivity contribution in [1.29, 1.82) is 0 Å². The normalized spacial score (nSPS) is 17.0. The van der Waals surface area contributed by atoms with E-state index in [1.165, 1.54) is 0 Å². The van der Waals surface area contributed by atoms with Crippen molar-refractivity contribution in [2.45, 2.75) is 18.3 Å². The standard InChI is InChI=1S/C14H11BrO2/c15-10-5-4-9-2-1-3-12(11(9)8-10)14(6-7-14)13(16)17/h1-5,8H,6-7H2,(H,16,17). The van der Waals surface area contributed by atoms with Gasteiger partial charge in [0.1, 0.15) is 0 Å². The Morgan fingerprint density at radius 2 is 2.00 bits per heavy atom. The van der Waals surface area contributed by atoms with Crippen LogP contribution in [-0.2, 0) is 10.2 Å².